The van der Waals surface area contributed by atoms with Gasteiger partial charge in [-0.3, -0.25) is 4.79 Å². The van der Waals surface area contributed by atoms with Crippen LogP contribution in [-0.4, -0.2) is 16.9 Å². The van der Waals surface area contributed by atoms with Crippen LogP contribution in [-0.2, 0) is 4.79 Å². The van der Waals surface area contributed by atoms with Gasteiger partial charge in [-0.2, -0.15) is 0 Å². The van der Waals surface area contributed by atoms with Crippen molar-refractivity contribution in [3.05, 3.63) is 5.21 Å². The van der Waals surface area contributed by atoms with Crippen molar-refractivity contribution < 1.29 is 31.8 Å². The van der Waals surface area contributed by atoms with Crippen LogP contribution in [0.5, 0.6) is 0 Å². The summed E-state index contributed by atoms with van der Waals surface area (Å²) in [4.78, 5) is 12.6. The van der Waals surface area contributed by atoms with Gasteiger partial charge in [-0.1, -0.05) is 0 Å². The Bertz CT molecular complexity index is 569. The number of rotatable bonds is 0. The van der Waals surface area contributed by atoms with Crippen molar-refractivity contribution in [2.75, 3.05) is 0 Å². The van der Waals surface area contributed by atoms with Crippen LogP contribution in [0.4, 0.5) is 0 Å². The van der Waals surface area contributed by atoms with Crippen molar-refractivity contribution in [3.8, 4) is 0 Å². The van der Waals surface area contributed by atoms with Gasteiger partial charge in [0.25, 0.3) is 0 Å². The zero-order valence-corrected chi connectivity index (χ0v) is 5.82. The third-order valence-electron chi connectivity index (χ3n) is 1.28. The predicted octanol–water partition coefficient (Wildman–Crippen LogP) is 0.289. The molecule has 0 amide bonds. The minimum Gasteiger partial charge on any atom is -0.634 e. The maximum absolute atomic E-state index is 13.3. The summed E-state index contributed by atoms with van der Waals surface area (Å²) in [6, 6.07) is 0. The molecular weight excluding hydrogens is 154 g/mol. The van der Waals surface area contributed by atoms with Crippen molar-refractivity contribution in [1.82, 2.24) is 0 Å². The van der Waals surface area contributed by atoms with E-state index in [1.807, 2.05) is 0 Å². The van der Waals surface area contributed by atoms with Crippen molar-refractivity contribution in [2.45, 2.75) is 51.2 Å². The molecule has 1 aliphatic rings. The molecule has 0 unspecified atom stereocenters. The van der Waals surface area contributed by atoms with Crippen LogP contribution in [0.15, 0.2) is 0 Å². The summed E-state index contributed by atoms with van der Waals surface area (Å²) in [6.45, 7) is -16.9. The Morgan fingerprint density at radius 1 is 1.42 bits per heavy atom. The number of Topliss-reactive ketones (excluding diaryl/α,β-unsaturated/α-hetero) is 1. The van der Waals surface area contributed by atoms with E-state index in [0.717, 1.165) is 0 Å². The molecule has 0 bridgehead atoms. The molecule has 70 valence electrons. The summed E-state index contributed by atoms with van der Waals surface area (Å²) < 4.78 is 121. The van der Waals surface area contributed by atoms with Crippen LogP contribution in [0.25, 0.3) is 0 Å². The third kappa shape index (κ3) is 1.52. The van der Waals surface area contributed by atoms with Crippen LogP contribution >= 0.6 is 0 Å². The molecule has 1 rings (SSSR count). The first kappa shape index (κ1) is 1.71. The number of nitrogens with one attached hydrogen (secondary N) is 1. The number of hydrogen-bond acceptors (Lipinski definition) is 2. The average molecular weight is 187 g/mol. The number of hydroxylamine groups is 2. The van der Waals surface area contributed by atoms with Crippen LogP contribution in [0.3, 0.4) is 0 Å². The highest BCUT2D eigenvalue weighted by molar-refractivity contribution is 5.80. The van der Waals surface area contributed by atoms with Crippen LogP contribution in [0.1, 0.15) is 62.1 Å². The molecule has 1 aliphatic heterocycles. The highest BCUT2D eigenvalue weighted by atomic mass is 16.5. The third-order valence-corrected chi connectivity index (χ3v) is 1.28. The molecule has 0 radical (unpaired) electrons. The number of ketones is 1. The second kappa shape index (κ2) is 2.54. The van der Waals surface area contributed by atoms with Gasteiger partial charge in [-0.25, -0.2) is 0 Å². The summed E-state index contributed by atoms with van der Waals surface area (Å²) in [5, 5.41) is 10.5. The highest BCUT2D eigenvalue weighted by Crippen LogP contribution is 2.19. The Kier molecular flexibility index (Phi) is 0.361. The molecule has 0 aromatic rings. The van der Waals surface area contributed by atoms with E-state index in [2.05, 4.69) is 0 Å². The number of carbonyl (C=O) groups excluding carboxylic acids is 1. The van der Waals surface area contributed by atoms with Crippen LogP contribution < -0.4 is 5.06 Å². The molecule has 0 atom stereocenters. The fourth-order valence-electron chi connectivity index (χ4n) is 0.767. The van der Waals surface area contributed by atoms with E-state index in [0.29, 0.717) is 0 Å². The SMILES string of the molecule is [2H]C([2H])([2H])C1(C([2H])([2H])[2H])[NH+]([O-])C(C([2H])([2H])[2H])(C([2H])([2H])[2H])C([2H])([2H])C(=O)C1([2H])[2H]. The summed E-state index contributed by atoms with van der Waals surface area (Å²) >= 11 is 0. The van der Waals surface area contributed by atoms with Gasteiger partial charge < -0.3 is 10.3 Å². The molecular formula is C9H17NO2. The Morgan fingerprint density at radius 2 is 1.83 bits per heavy atom. The number of hydrogen-bond donors (Lipinski definition) is 1. The van der Waals surface area contributed by atoms with Crippen molar-refractivity contribution >= 4 is 5.78 Å². The molecule has 1 N–H and O–H groups in total. The van der Waals surface area contributed by atoms with Gasteiger partial charge in [0.15, 0.2) is 0 Å². The molecule has 0 aliphatic carbocycles. The topological polar surface area (TPSA) is 44.6 Å². The summed E-state index contributed by atoms with van der Waals surface area (Å²) in [7, 11) is 0. The zero-order valence-electron chi connectivity index (χ0n) is 21.8. The van der Waals surface area contributed by atoms with Gasteiger partial charge in [0.2, 0.25) is 0 Å². The van der Waals surface area contributed by atoms with Crippen LogP contribution in [0, 0.1) is 5.21 Å². The quantitative estimate of drug-likeness (QED) is 0.554. The van der Waals surface area contributed by atoms with E-state index in [-0.39, 0.29) is 0 Å². The minimum atomic E-state index is -4.43. The fourth-order valence-corrected chi connectivity index (χ4v) is 0.767. The smallest absolute Gasteiger partial charge is 0.145 e. The van der Waals surface area contributed by atoms with E-state index in [1.165, 1.54) is 0 Å². The lowest BCUT2D eigenvalue weighted by atomic mass is 9.81. The summed E-state index contributed by atoms with van der Waals surface area (Å²) in [5.74, 6) is -2.56. The van der Waals surface area contributed by atoms with Crippen LogP contribution in [0.2, 0.25) is 0 Å². The maximum Gasteiger partial charge on any atom is 0.145 e. The molecule has 0 aromatic carbocycles. The Hall–Kier alpha value is -0.410. The van der Waals surface area contributed by atoms with Gasteiger partial charge >= 0.3 is 0 Å². The number of quaternary nitrogens is 1. The van der Waals surface area contributed by atoms with Crippen molar-refractivity contribution in [2.24, 2.45) is 0 Å². The Labute approximate surface area is 95.8 Å². The van der Waals surface area contributed by atoms with E-state index in [4.69, 9.17) is 21.9 Å². The lowest BCUT2D eigenvalue weighted by molar-refractivity contribution is -0.950. The lowest BCUT2D eigenvalue weighted by Gasteiger charge is -2.51. The number of piperidine rings is 1. The van der Waals surface area contributed by atoms with Crippen molar-refractivity contribution in [1.29, 1.82) is 0 Å². The maximum atomic E-state index is 13.3. The standard InChI is InChI=1S/C9H17NO2/c1-8(2)5-7(11)6-9(3,4)10(8)12/h10H,5-6H2,1-4H3/i1D3,2D3,3D3,4D3,5D2,6D2. The average Bonchev–Trinajstić information content (AvgIpc) is 2.28. The molecule has 3 nitrogen and oxygen atoms in total. The Balaban J connectivity index is 4.41. The van der Waals surface area contributed by atoms with E-state index >= 15 is 0 Å². The highest BCUT2D eigenvalue weighted by Gasteiger charge is 2.44. The van der Waals surface area contributed by atoms with E-state index in [1.54, 1.807) is 0 Å². The van der Waals surface area contributed by atoms with Gasteiger partial charge in [0.1, 0.15) is 5.78 Å². The summed E-state index contributed by atoms with van der Waals surface area (Å²) in [5.41, 5.74) is -8.86. The van der Waals surface area contributed by atoms with E-state index in [9.17, 15) is 10.0 Å². The molecule has 0 aromatic heterocycles. The van der Waals surface area contributed by atoms with Gasteiger partial charge in [-0.05, 0) is 27.4 Å². The van der Waals surface area contributed by atoms with E-state index < -0.39 is 62.1 Å². The molecule has 0 saturated carbocycles. The summed E-state index contributed by atoms with van der Waals surface area (Å²) in [6.07, 6.45) is -8.55. The van der Waals surface area contributed by atoms with Gasteiger partial charge in [-0.15, -0.1) is 0 Å². The largest absolute Gasteiger partial charge is 0.634 e. The first-order valence-electron chi connectivity index (χ1n) is 10.9. The Morgan fingerprint density at radius 3 is 2.17 bits per heavy atom. The fraction of sp³-hybridized carbons (Fsp3) is 0.889. The van der Waals surface area contributed by atoms with Gasteiger partial charge in [0.05, 0.1) is 23.8 Å². The number of carbonyl (C=O) groups is 1. The van der Waals surface area contributed by atoms with Crippen molar-refractivity contribution in [3.63, 3.8) is 0 Å². The second-order valence-corrected chi connectivity index (χ2v) is 2.41. The monoisotopic (exact) mass is 187 g/mol. The molecule has 1 heterocycles. The molecule has 1 saturated heterocycles. The minimum absolute atomic E-state index is 2.56. The normalized spacial score (nSPS) is 61.2. The molecule has 0 spiro atoms. The lowest BCUT2D eigenvalue weighted by Crippen LogP contribution is -3.23. The molecule has 1 fully saturated rings. The van der Waals surface area contributed by atoms with Gasteiger partial charge in [0, 0.05) is 21.9 Å². The zero-order chi connectivity index (χ0) is 23.2. The first-order valence-corrected chi connectivity index (χ1v) is 2.91. The predicted molar refractivity (Wildman–Crippen MR) is 46.7 cm³/mol. The molecule has 3 heteroatoms. The first-order chi connectivity index (χ1) is 11.8. The molecule has 12 heavy (non-hydrogen) atoms. The second-order valence-electron chi connectivity index (χ2n) is 2.41.